The van der Waals surface area contributed by atoms with Crippen molar-refractivity contribution in [2.75, 3.05) is 33.8 Å². The Morgan fingerprint density at radius 1 is 1.45 bits per heavy atom. The van der Waals surface area contributed by atoms with E-state index in [4.69, 9.17) is 4.74 Å². The standard InChI is InChI=1S/C16H27N3O/c1-12-8-18-15(13(2)16(12)20-4)10-17-9-14-6-5-7-19(3)11-14/h8,14,17H,5-7,9-11H2,1-4H3. The molecule has 4 nitrogen and oxygen atoms in total. The third-order valence-corrected chi connectivity index (χ3v) is 4.20. The van der Waals surface area contributed by atoms with Gasteiger partial charge in [0, 0.05) is 30.4 Å². The van der Waals surface area contributed by atoms with Crippen LogP contribution in [0.3, 0.4) is 0 Å². The van der Waals surface area contributed by atoms with Gasteiger partial charge in [-0.25, -0.2) is 0 Å². The molecule has 2 heterocycles. The van der Waals surface area contributed by atoms with Crippen molar-refractivity contribution < 1.29 is 4.74 Å². The number of hydrogen-bond acceptors (Lipinski definition) is 4. The molecule has 1 unspecified atom stereocenters. The van der Waals surface area contributed by atoms with Crippen molar-refractivity contribution in [2.45, 2.75) is 33.2 Å². The highest BCUT2D eigenvalue weighted by Gasteiger charge is 2.17. The number of pyridine rings is 1. The number of hydrogen-bond donors (Lipinski definition) is 1. The Balaban J connectivity index is 1.88. The molecular weight excluding hydrogens is 250 g/mol. The number of nitrogens with one attached hydrogen (secondary N) is 1. The topological polar surface area (TPSA) is 37.4 Å². The zero-order valence-electron chi connectivity index (χ0n) is 13.2. The summed E-state index contributed by atoms with van der Waals surface area (Å²) in [5, 5.41) is 3.56. The molecule has 112 valence electrons. The molecule has 0 spiro atoms. The highest BCUT2D eigenvalue weighted by molar-refractivity contribution is 5.40. The first-order valence-corrected chi connectivity index (χ1v) is 7.50. The lowest BCUT2D eigenvalue weighted by atomic mass is 9.98. The van der Waals surface area contributed by atoms with E-state index in [2.05, 4.69) is 29.2 Å². The summed E-state index contributed by atoms with van der Waals surface area (Å²) < 4.78 is 5.45. The van der Waals surface area contributed by atoms with Gasteiger partial charge in [0.2, 0.25) is 0 Å². The first kappa shape index (κ1) is 15.3. The van der Waals surface area contributed by atoms with E-state index in [-0.39, 0.29) is 0 Å². The lowest BCUT2D eigenvalue weighted by Crippen LogP contribution is -2.37. The Labute approximate surface area is 122 Å². The maximum atomic E-state index is 5.45. The van der Waals surface area contributed by atoms with E-state index in [9.17, 15) is 0 Å². The molecule has 1 aliphatic rings. The van der Waals surface area contributed by atoms with E-state index in [1.165, 1.54) is 25.9 Å². The predicted octanol–water partition coefficient (Wildman–Crippen LogP) is 2.14. The van der Waals surface area contributed by atoms with Gasteiger partial charge in [0.05, 0.1) is 12.8 Å². The number of nitrogens with zero attached hydrogens (tertiary/aromatic N) is 2. The van der Waals surface area contributed by atoms with E-state index in [1.54, 1.807) is 7.11 Å². The summed E-state index contributed by atoms with van der Waals surface area (Å²) in [6.07, 6.45) is 4.55. The van der Waals surface area contributed by atoms with Gasteiger partial charge < -0.3 is 15.0 Å². The Morgan fingerprint density at radius 2 is 2.25 bits per heavy atom. The number of piperidine rings is 1. The zero-order chi connectivity index (χ0) is 14.5. The summed E-state index contributed by atoms with van der Waals surface area (Å²) in [6.45, 7) is 8.46. The van der Waals surface area contributed by atoms with E-state index in [0.29, 0.717) is 0 Å². The molecule has 0 aromatic carbocycles. The van der Waals surface area contributed by atoms with Crippen LogP contribution in [0, 0.1) is 19.8 Å². The second kappa shape index (κ2) is 7.04. The van der Waals surface area contributed by atoms with Gasteiger partial charge in [-0.2, -0.15) is 0 Å². The van der Waals surface area contributed by atoms with Crippen LogP contribution in [-0.2, 0) is 6.54 Å². The SMILES string of the molecule is COc1c(C)cnc(CNCC2CCCN(C)C2)c1C. The van der Waals surface area contributed by atoms with E-state index >= 15 is 0 Å². The number of ether oxygens (including phenoxy) is 1. The minimum absolute atomic E-state index is 0.765. The maximum Gasteiger partial charge on any atom is 0.128 e. The zero-order valence-corrected chi connectivity index (χ0v) is 13.2. The van der Waals surface area contributed by atoms with Crippen molar-refractivity contribution in [2.24, 2.45) is 5.92 Å². The molecule has 1 fully saturated rings. The molecule has 0 radical (unpaired) electrons. The average molecular weight is 277 g/mol. The fourth-order valence-electron chi connectivity index (χ4n) is 3.08. The third kappa shape index (κ3) is 3.70. The fraction of sp³-hybridized carbons (Fsp3) is 0.688. The lowest BCUT2D eigenvalue weighted by molar-refractivity contribution is 0.206. The predicted molar refractivity (Wildman–Crippen MR) is 82.2 cm³/mol. The number of aromatic nitrogens is 1. The van der Waals surface area contributed by atoms with Crippen molar-refractivity contribution in [1.29, 1.82) is 0 Å². The van der Waals surface area contributed by atoms with Crippen molar-refractivity contribution in [3.05, 3.63) is 23.0 Å². The molecule has 0 amide bonds. The fourth-order valence-corrected chi connectivity index (χ4v) is 3.08. The van der Waals surface area contributed by atoms with Crippen LogP contribution in [0.2, 0.25) is 0 Å². The van der Waals surface area contributed by atoms with Crippen LogP contribution < -0.4 is 10.1 Å². The lowest BCUT2D eigenvalue weighted by Gasteiger charge is -2.29. The summed E-state index contributed by atoms with van der Waals surface area (Å²) in [7, 11) is 3.94. The molecule has 0 aliphatic carbocycles. The average Bonchev–Trinajstić information content (AvgIpc) is 2.42. The van der Waals surface area contributed by atoms with Crippen molar-refractivity contribution in [3.8, 4) is 5.75 Å². The minimum Gasteiger partial charge on any atom is -0.496 e. The largest absolute Gasteiger partial charge is 0.496 e. The van der Waals surface area contributed by atoms with Gasteiger partial charge in [-0.15, -0.1) is 0 Å². The van der Waals surface area contributed by atoms with E-state index < -0.39 is 0 Å². The monoisotopic (exact) mass is 277 g/mol. The van der Waals surface area contributed by atoms with Gasteiger partial charge >= 0.3 is 0 Å². The summed E-state index contributed by atoms with van der Waals surface area (Å²) >= 11 is 0. The first-order valence-electron chi connectivity index (χ1n) is 7.50. The van der Waals surface area contributed by atoms with Crippen molar-refractivity contribution in [1.82, 2.24) is 15.2 Å². The van der Waals surface area contributed by atoms with Gasteiger partial charge in [-0.1, -0.05) is 0 Å². The minimum atomic E-state index is 0.765. The summed E-state index contributed by atoms with van der Waals surface area (Å²) in [6, 6.07) is 0. The maximum absolute atomic E-state index is 5.45. The van der Waals surface area contributed by atoms with Crippen LogP contribution in [0.1, 0.15) is 29.7 Å². The molecule has 1 atom stereocenters. The smallest absolute Gasteiger partial charge is 0.128 e. The Kier molecular flexibility index (Phi) is 5.38. The summed E-state index contributed by atoms with van der Waals surface area (Å²) in [5.74, 6) is 1.73. The normalized spacial score (nSPS) is 20.1. The highest BCUT2D eigenvalue weighted by atomic mass is 16.5. The van der Waals surface area contributed by atoms with Crippen LogP contribution in [0.25, 0.3) is 0 Å². The van der Waals surface area contributed by atoms with Crippen LogP contribution in [0.15, 0.2) is 6.20 Å². The van der Waals surface area contributed by atoms with Crippen molar-refractivity contribution in [3.63, 3.8) is 0 Å². The van der Waals surface area contributed by atoms with Gasteiger partial charge in [0.25, 0.3) is 0 Å². The van der Waals surface area contributed by atoms with Gasteiger partial charge in [-0.3, -0.25) is 4.98 Å². The molecule has 1 aromatic heterocycles. The molecular formula is C16H27N3O. The molecule has 20 heavy (non-hydrogen) atoms. The summed E-state index contributed by atoms with van der Waals surface area (Å²) in [5.41, 5.74) is 3.35. The highest BCUT2D eigenvalue weighted by Crippen LogP contribution is 2.23. The number of likely N-dealkylation sites (tertiary alicyclic amines) is 1. The van der Waals surface area contributed by atoms with Crippen LogP contribution in [0.5, 0.6) is 5.75 Å². The molecule has 1 N–H and O–H groups in total. The summed E-state index contributed by atoms with van der Waals surface area (Å²) in [4.78, 5) is 6.96. The van der Waals surface area contributed by atoms with Gasteiger partial charge in [0.15, 0.2) is 0 Å². The van der Waals surface area contributed by atoms with E-state index in [0.717, 1.165) is 41.6 Å². The number of rotatable bonds is 5. The Bertz CT molecular complexity index is 448. The quantitative estimate of drug-likeness (QED) is 0.895. The van der Waals surface area contributed by atoms with Crippen LogP contribution in [0.4, 0.5) is 0 Å². The molecule has 1 saturated heterocycles. The molecule has 2 rings (SSSR count). The molecule has 1 aromatic rings. The molecule has 0 saturated carbocycles. The second-order valence-corrected chi connectivity index (χ2v) is 5.95. The van der Waals surface area contributed by atoms with Gasteiger partial charge in [-0.05, 0) is 52.7 Å². The number of aryl methyl sites for hydroxylation is 1. The van der Waals surface area contributed by atoms with Crippen LogP contribution in [-0.4, -0.2) is 43.7 Å². The van der Waals surface area contributed by atoms with Crippen LogP contribution >= 0.6 is 0 Å². The first-order chi connectivity index (χ1) is 9.61. The van der Waals surface area contributed by atoms with E-state index in [1.807, 2.05) is 13.1 Å². The Hall–Kier alpha value is -1.13. The molecule has 0 bridgehead atoms. The number of methoxy groups -OCH3 is 1. The van der Waals surface area contributed by atoms with Crippen molar-refractivity contribution >= 4 is 0 Å². The van der Waals surface area contributed by atoms with Gasteiger partial charge in [0.1, 0.15) is 5.75 Å². The molecule has 4 heteroatoms. The Morgan fingerprint density at radius 3 is 2.95 bits per heavy atom. The molecule has 1 aliphatic heterocycles. The third-order valence-electron chi connectivity index (χ3n) is 4.20. The second-order valence-electron chi connectivity index (χ2n) is 5.95.